The van der Waals surface area contributed by atoms with E-state index in [4.69, 9.17) is 0 Å². The number of hydrogen-bond acceptors (Lipinski definition) is 1. The molecule has 0 fully saturated rings. The van der Waals surface area contributed by atoms with Gasteiger partial charge in [0.15, 0.2) is 5.78 Å². The lowest BCUT2D eigenvalue weighted by atomic mass is 9.90. The van der Waals surface area contributed by atoms with E-state index in [1.54, 1.807) is 0 Å². The number of allylic oxidation sites excluding steroid dienone is 2. The first-order valence-electron chi connectivity index (χ1n) is 8.71. The maximum atomic E-state index is 12.7. The van der Waals surface area contributed by atoms with Crippen LogP contribution in [-0.4, -0.2) is 5.78 Å². The van der Waals surface area contributed by atoms with Gasteiger partial charge in [-0.1, -0.05) is 61.9 Å². The third-order valence-electron chi connectivity index (χ3n) is 5.52. The fraction of sp³-hybridized carbons (Fsp3) is 0.318. The predicted molar refractivity (Wildman–Crippen MR) is 95.3 cm³/mol. The van der Waals surface area contributed by atoms with Crippen LogP contribution in [0.3, 0.4) is 0 Å². The van der Waals surface area contributed by atoms with Gasteiger partial charge in [-0.05, 0) is 53.0 Å². The van der Waals surface area contributed by atoms with Gasteiger partial charge >= 0.3 is 0 Å². The van der Waals surface area contributed by atoms with Crippen molar-refractivity contribution in [3.05, 3.63) is 64.7 Å². The van der Waals surface area contributed by atoms with Crippen LogP contribution in [0.1, 0.15) is 49.8 Å². The van der Waals surface area contributed by atoms with E-state index in [0.717, 1.165) is 24.8 Å². The second-order valence-electron chi connectivity index (χ2n) is 6.65. The molecule has 0 aliphatic heterocycles. The summed E-state index contributed by atoms with van der Waals surface area (Å²) in [5.74, 6) is 0.792. The molecular formula is C22H22O. The van der Waals surface area contributed by atoms with Gasteiger partial charge < -0.3 is 0 Å². The van der Waals surface area contributed by atoms with Crippen molar-refractivity contribution in [2.45, 2.75) is 39.5 Å². The topological polar surface area (TPSA) is 17.1 Å². The minimum atomic E-state index is 0.345. The molecule has 1 unspecified atom stereocenters. The zero-order valence-electron chi connectivity index (χ0n) is 13.9. The summed E-state index contributed by atoms with van der Waals surface area (Å²) in [6, 6.07) is 15.1. The number of ketones is 1. The van der Waals surface area contributed by atoms with Crippen LogP contribution in [0, 0.1) is 5.92 Å². The van der Waals surface area contributed by atoms with Crippen molar-refractivity contribution in [2.24, 2.45) is 5.92 Å². The van der Waals surface area contributed by atoms with Crippen molar-refractivity contribution in [2.75, 3.05) is 0 Å². The van der Waals surface area contributed by atoms with E-state index in [1.807, 2.05) is 0 Å². The molecule has 1 nitrogen and oxygen atoms in total. The van der Waals surface area contributed by atoms with Crippen LogP contribution < -0.4 is 0 Å². The van der Waals surface area contributed by atoms with Crippen molar-refractivity contribution >= 4 is 11.4 Å². The highest BCUT2D eigenvalue weighted by Gasteiger charge is 2.33. The molecule has 2 aliphatic rings. The molecule has 2 aromatic carbocycles. The number of hydrogen-bond donors (Lipinski definition) is 0. The van der Waals surface area contributed by atoms with Crippen molar-refractivity contribution < 1.29 is 4.79 Å². The molecule has 0 saturated carbocycles. The van der Waals surface area contributed by atoms with Crippen molar-refractivity contribution in [3.8, 4) is 11.1 Å². The average molecular weight is 302 g/mol. The van der Waals surface area contributed by atoms with Crippen LogP contribution in [0.2, 0.25) is 0 Å². The molecule has 0 N–H and O–H groups in total. The van der Waals surface area contributed by atoms with E-state index in [1.165, 1.54) is 33.4 Å². The summed E-state index contributed by atoms with van der Waals surface area (Å²) in [5, 5.41) is 0. The second-order valence-corrected chi connectivity index (χ2v) is 6.65. The molecule has 116 valence electrons. The first kappa shape index (κ1) is 14.4. The number of carbonyl (C=O) groups is 1. The Balaban J connectivity index is 1.91. The molecule has 0 bridgehead atoms. The molecule has 1 atom stereocenters. The Bertz CT molecular complexity index is 826. The van der Waals surface area contributed by atoms with Gasteiger partial charge in [0.1, 0.15) is 0 Å². The lowest BCUT2D eigenvalue weighted by Gasteiger charge is -2.13. The molecule has 0 aromatic heterocycles. The molecule has 1 heteroatoms. The summed E-state index contributed by atoms with van der Waals surface area (Å²) in [5.41, 5.74) is 8.97. The predicted octanol–water partition coefficient (Wildman–Crippen LogP) is 5.42. The van der Waals surface area contributed by atoms with E-state index < -0.39 is 0 Å². The van der Waals surface area contributed by atoms with Crippen molar-refractivity contribution in [1.82, 2.24) is 0 Å². The van der Waals surface area contributed by atoms with Crippen molar-refractivity contribution in [3.63, 3.8) is 0 Å². The molecule has 4 rings (SSSR count). The molecule has 0 spiro atoms. The quantitative estimate of drug-likeness (QED) is 0.631. The summed E-state index contributed by atoms with van der Waals surface area (Å²) in [6.45, 7) is 4.39. The van der Waals surface area contributed by atoms with Crippen LogP contribution in [0.25, 0.3) is 16.7 Å². The Labute approximate surface area is 138 Å². The van der Waals surface area contributed by atoms with Crippen LogP contribution in [0.4, 0.5) is 0 Å². The highest BCUT2D eigenvalue weighted by Crippen LogP contribution is 2.45. The van der Waals surface area contributed by atoms with E-state index in [0.29, 0.717) is 18.1 Å². The van der Waals surface area contributed by atoms with Crippen LogP contribution in [-0.2, 0) is 11.2 Å². The van der Waals surface area contributed by atoms with E-state index in [9.17, 15) is 4.79 Å². The zero-order chi connectivity index (χ0) is 16.0. The standard InChI is InChI=1S/C22H22O/c1-3-14-13-21(23)22(16(14)4-2)19-11-7-10-18-17-9-6-5-8-15(17)12-20(18)19/h5-11,14H,3-4,12-13H2,1-2H3. The first-order valence-corrected chi connectivity index (χ1v) is 8.71. The van der Waals surface area contributed by atoms with Gasteiger partial charge in [0.2, 0.25) is 0 Å². The summed E-state index contributed by atoms with van der Waals surface area (Å²) in [6.07, 6.45) is 3.70. The normalized spacial score (nSPS) is 19.2. The fourth-order valence-electron chi connectivity index (χ4n) is 4.40. The number of fused-ring (bicyclic) bond motifs is 3. The van der Waals surface area contributed by atoms with Gasteiger partial charge in [-0.3, -0.25) is 4.79 Å². The second kappa shape index (κ2) is 5.49. The molecule has 23 heavy (non-hydrogen) atoms. The summed E-state index contributed by atoms with van der Waals surface area (Å²) < 4.78 is 0. The van der Waals surface area contributed by atoms with E-state index in [2.05, 4.69) is 56.3 Å². The number of Topliss-reactive ketones (excluding diaryl/α,β-unsaturated/α-hetero) is 1. The van der Waals surface area contributed by atoms with Gasteiger partial charge in [-0.25, -0.2) is 0 Å². The lowest BCUT2D eigenvalue weighted by Crippen LogP contribution is -2.00. The first-order chi connectivity index (χ1) is 11.2. The number of benzene rings is 2. The molecule has 0 radical (unpaired) electrons. The maximum Gasteiger partial charge on any atom is 0.164 e. The number of carbonyl (C=O) groups excluding carboxylic acids is 1. The molecule has 0 heterocycles. The third kappa shape index (κ3) is 2.10. The average Bonchev–Trinajstić information content (AvgIpc) is 3.11. The Hall–Kier alpha value is -2.15. The number of rotatable bonds is 3. The Morgan fingerprint density at radius 3 is 2.48 bits per heavy atom. The highest BCUT2D eigenvalue weighted by atomic mass is 16.1. The Kier molecular flexibility index (Phi) is 3.45. The van der Waals surface area contributed by atoms with Crippen LogP contribution in [0.5, 0.6) is 0 Å². The van der Waals surface area contributed by atoms with Gasteiger partial charge in [0, 0.05) is 12.0 Å². The molecule has 2 aliphatic carbocycles. The summed E-state index contributed by atoms with van der Waals surface area (Å²) in [7, 11) is 0. The van der Waals surface area contributed by atoms with Crippen molar-refractivity contribution in [1.29, 1.82) is 0 Å². The lowest BCUT2D eigenvalue weighted by molar-refractivity contribution is -0.113. The smallest absolute Gasteiger partial charge is 0.164 e. The van der Waals surface area contributed by atoms with E-state index in [-0.39, 0.29) is 0 Å². The molecular weight excluding hydrogens is 280 g/mol. The highest BCUT2D eigenvalue weighted by molar-refractivity contribution is 6.24. The third-order valence-corrected chi connectivity index (χ3v) is 5.52. The zero-order valence-corrected chi connectivity index (χ0v) is 13.9. The largest absolute Gasteiger partial charge is 0.294 e. The minimum absolute atomic E-state index is 0.345. The minimum Gasteiger partial charge on any atom is -0.294 e. The summed E-state index contributed by atoms with van der Waals surface area (Å²) >= 11 is 0. The summed E-state index contributed by atoms with van der Waals surface area (Å²) in [4.78, 5) is 12.7. The van der Waals surface area contributed by atoms with Gasteiger partial charge in [0.05, 0.1) is 0 Å². The molecule has 0 amide bonds. The molecule has 2 aromatic rings. The van der Waals surface area contributed by atoms with Gasteiger partial charge in [-0.15, -0.1) is 0 Å². The van der Waals surface area contributed by atoms with Gasteiger partial charge in [-0.2, -0.15) is 0 Å². The fourth-order valence-corrected chi connectivity index (χ4v) is 4.40. The van der Waals surface area contributed by atoms with Crippen LogP contribution in [0.15, 0.2) is 48.0 Å². The monoisotopic (exact) mass is 302 g/mol. The Morgan fingerprint density at radius 2 is 1.70 bits per heavy atom. The van der Waals surface area contributed by atoms with E-state index >= 15 is 0 Å². The Morgan fingerprint density at radius 1 is 0.957 bits per heavy atom. The van der Waals surface area contributed by atoms with Gasteiger partial charge in [0.25, 0.3) is 0 Å². The maximum absolute atomic E-state index is 12.7. The SMILES string of the molecule is CCC1=C(c2cccc3c2Cc2ccccc2-3)C(=O)CC1CC. The molecule has 0 saturated heterocycles. The van der Waals surface area contributed by atoms with Crippen LogP contribution >= 0.6 is 0 Å².